The molecule has 1 N–H and O–H groups in total. The standard InChI is InChI=1S/C25H22ClN3O3S/c26-18-8-9-20-19(15-18)22(21-7-4-14-33-21)28-25(23(30)27-20)10-12-29(13-11-25)24(31)32-16-17-5-2-1-3-6-17/h1-9,14-15H,10-13,16H2,(H,27,30). The summed E-state index contributed by atoms with van der Waals surface area (Å²) in [5, 5.41) is 5.62. The van der Waals surface area contributed by atoms with Gasteiger partial charge in [-0.15, -0.1) is 11.3 Å². The number of carbonyl (C=O) groups excluding carboxylic acids is 2. The third kappa shape index (κ3) is 4.38. The maximum Gasteiger partial charge on any atom is 0.410 e. The Balaban J connectivity index is 1.37. The summed E-state index contributed by atoms with van der Waals surface area (Å²) in [4.78, 5) is 33.6. The number of piperidine rings is 1. The van der Waals surface area contributed by atoms with Gasteiger partial charge in [0, 0.05) is 23.7 Å². The molecule has 6 nitrogen and oxygen atoms in total. The maximum atomic E-state index is 13.4. The summed E-state index contributed by atoms with van der Waals surface area (Å²) in [6, 6.07) is 18.9. The monoisotopic (exact) mass is 479 g/mol. The first-order valence-corrected chi connectivity index (χ1v) is 12.0. The molecule has 0 unspecified atom stereocenters. The molecule has 0 bridgehead atoms. The zero-order chi connectivity index (χ0) is 22.8. The van der Waals surface area contributed by atoms with Crippen molar-refractivity contribution in [1.29, 1.82) is 0 Å². The summed E-state index contributed by atoms with van der Waals surface area (Å²) in [5.74, 6) is -0.157. The fourth-order valence-corrected chi connectivity index (χ4v) is 5.10. The first-order chi connectivity index (χ1) is 16.0. The highest BCUT2D eigenvalue weighted by Gasteiger charge is 2.45. The van der Waals surface area contributed by atoms with E-state index in [9.17, 15) is 9.59 Å². The van der Waals surface area contributed by atoms with E-state index < -0.39 is 5.54 Å². The van der Waals surface area contributed by atoms with Gasteiger partial charge in [-0.3, -0.25) is 9.79 Å². The SMILES string of the molecule is O=C(OCc1ccccc1)N1CCC2(CC1)N=C(c1cccs1)c1cc(Cl)ccc1NC2=O. The van der Waals surface area contributed by atoms with E-state index in [1.165, 1.54) is 0 Å². The van der Waals surface area contributed by atoms with Crippen LogP contribution >= 0.6 is 22.9 Å². The molecule has 0 saturated carbocycles. The van der Waals surface area contributed by atoms with Crippen LogP contribution in [-0.4, -0.2) is 41.2 Å². The van der Waals surface area contributed by atoms with Crippen LogP contribution in [0.25, 0.3) is 0 Å². The predicted molar refractivity (Wildman–Crippen MR) is 130 cm³/mol. The number of amides is 2. The van der Waals surface area contributed by atoms with E-state index in [0.717, 1.165) is 21.7 Å². The van der Waals surface area contributed by atoms with Crippen LogP contribution in [0.1, 0.15) is 28.8 Å². The third-order valence-corrected chi connectivity index (χ3v) is 7.15. The molecule has 5 rings (SSSR count). The normalized spacial score (nSPS) is 17.1. The number of hydrogen-bond acceptors (Lipinski definition) is 5. The number of nitrogens with one attached hydrogen (secondary N) is 1. The largest absolute Gasteiger partial charge is 0.445 e. The summed E-state index contributed by atoms with van der Waals surface area (Å²) in [5.41, 5.74) is 2.23. The Morgan fingerprint density at radius 3 is 2.64 bits per heavy atom. The van der Waals surface area contributed by atoms with Gasteiger partial charge in [0.1, 0.15) is 12.1 Å². The molecule has 1 fully saturated rings. The molecular formula is C25H22ClN3O3S. The zero-order valence-electron chi connectivity index (χ0n) is 17.8. The van der Waals surface area contributed by atoms with Crippen molar-refractivity contribution in [2.75, 3.05) is 18.4 Å². The first-order valence-electron chi connectivity index (χ1n) is 10.7. The highest BCUT2D eigenvalue weighted by atomic mass is 35.5. The number of aliphatic imine (C=N–C) groups is 1. The number of hydrogen-bond donors (Lipinski definition) is 1. The molecule has 0 radical (unpaired) electrons. The van der Waals surface area contributed by atoms with Crippen LogP contribution in [0.5, 0.6) is 0 Å². The minimum atomic E-state index is -0.957. The molecule has 33 heavy (non-hydrogen) atoms. The average Bonchev–Trinajstić information content (AvgIpc) is 3.34. The Labute approximate surface area is 200 Å². The van der Waals surface area contributed by atoms with E-state index in [-0.39, 0.29) is 18.6 Å². The van der Waals surface area contributed by atoms with E-state index in [0.29, 0.717) is 36.6 Å². The molecule has 0 atom stereocenters. The van der Waals surface area contributed by atoms with Crippen molar-refractivity contribution in [3.05, 3.63) is 87.1 Å². The van der Waals surface area contributed by atoms with E-state index in [1.807, 2.05) is 60.0 Å². The van der Waals surface area contributed by atoms with E-state index >= 15 is 0 Å². The van der Waals surface area contributed by atoms with Gasteiger partial charge in [0.25, 0.3) is 5.91 Å². The molecule has 2 amide bonds. The molecule has 3 aromatic rings. The van der Waals surface area contributed by atoms with Crippen LogP contribution in [-0.2, 0) is 16.1 Å². The number of anilines is 1. The number of halogens is 1. The fourth-order valence-electron chi connectivity index (χ4n) is 4.19. The van der Waals surface area contributed by atoms with Gasteiger partial charge in [0.2, 0.25) is 0 Å². The Morgan fingerprint density at radius 1 is 1.12 bits per heavy atom. The Kier molecular flexibility index (Phi) is 5.91. The number of fused-ring (bicyclic) bond motifs is 1. The summed E-state index contributed by atoms with van der Waals surface area (Å²) in [6.45, 7) is 0.997. The summed E-state index contributed by atoms with van der Waals surface area (Å²) in [6.07, 6.45) is 0.450. The second-order valence-corrected chi connectivity index (χ2v) is 9.52. The van der Waals surface area contributed by atoms with Gasteiger partial charge in [-0.2, -0.15) is 0 Å². The van der Waals surface area contributed by atoms with Gasteiger partial charge >= 0.3 is 6.09 Å². The molecule has 1 saturated heterocycles. The lowest BCUT2D eigenvalue weighted by Gasteiger charge is -2.37. The number of rotatable bonds is 3. The average molecular weight is 480 g/mol. The molecule has 1 aromatic heterocycles. The Morgan fingerprint density at radius 2 is 1.91 bits per heavy atom. The van der Waals surface area contributed by atoms with Crippen LogP contribution in [0.3, 0.4) is 0 Å². The van der Waals surface area contributed by atoms with Crippen LogP contribution in [0, 0.1) is 0 Å². The molecule has 168 valence electrons. The number of carbonyl (C=O) groups is 2. The topological polar surface area (TPSA) is 71.0 Å². The van der Waals surface area contributed by atoms with Crippen LogP contribution in [0.15, 0.2) is 71.0 Å². The van der Waals surface area contributed by atoms with Crippen molar-refractivity contribution in [3.63, 3.8) is 0 Å². The predicted octanol–water partition coefficient (Wildman–Crippen LogP) is 5.36. The van der Waals surface area contributed by atoms with Crippen LogP contribution < -0.4 is 5.32 Å². The quantitative estimate of drug-likeness (QED) is 0.549. The van der Waals surface area contributed by atoms with Crippen molar-refractivity contribution in [2.45, 2.75) is 25.0 Å². The van der Waals surface area contributed by atoms with Crippen LogP contribution in [0.2, 0.25) is 5.02 Å². The highest BCUT2D eigenvalue weighted by molar-refractivity contribution is 7.12. The Bertz CT molecular complexity index is 1200. The summed E-state index contributed by atoms with van der Waals surface area (Å²) < 4.78 is 5.48. The second kappa shape index (κ2) is 9.00. The van der Waals surface area contributed by atoms with Crippen LogP contribution in [0.4, 0.5) is 10.5 Å². The van der Waals surface area contributed by atoms with Gasteiger partial charge < -0.3 is 15.0 Å². The molecule has 8 heteroatoms. The number of ether oxygens (including phenoxy) is 1. The maximum absolute atomic E-state index is 13.4. The molecule has 1 spiro atoms. The molecule has 2 aliphatic rings. The van der Waals surface area contributed by atoms with Gasteiger partial charge in [0.15, 0.2) is 0 Å². The lowest BCUT2D eigenvalue weighted by molar-refractivity contribution is -0.122. The van der Waals surface area contributed by atoms with Gasteiger partial charge in [-0.25, -0.2) is 4.79 Å². The molecule has 2 aromatic carbocycles. The number of likely N-dealkylation sites (tertiary alicyclic amines) is 1. The molecular weight excluding hydrogens is 458 g/mol. The number of thiophene rings is 1. The van der Waals surface area contributed by atoms with Crippen molar-refractivity contribution < 1.29 is 14.3 Å². The van der Waals surface area contributed by atoms with Crippen molar-refractivity contribution in [2.24, 2.45) is 4.99 Å². The second-order valence-electron chi connectivity index (χ2n) is 8.14. The van der Waals surface area contributed by atoms with E-state index in [4.69, 9.17) is 21.3 Å². The van der Waals surface area contributed by atoms with Gasteiger partial charge in [0.05, 0.1) is 16.3 Å². The zero-order valence-corrected chi connectivity index (χ0v) is 19.4. The van der Waals surface area contributed by atoms with E-state index in [2.05, 4.69) is 5.32 Å². The smallest absolute Gasteiger partial charge is 0.410 e. The minimum absolute atomic E-state index is 0.157. The minimum Gasteiger partial charge on any atom is -0.445 e. The summed E-state index contributed by atoms with van der Waals surface area (Å²) >= 11 is 7.85. The van der Waals surface area contributed by atoms with E-state index in [1.54, 1.807) is 22.3 Å². The van der Waals surface area contributed by atoms with Gasteiger partial charge in [-0.1, -0.05) is 48.0 Å². The first kappa shape index (κ1) is 21.7. The number of benzene rings is 2. The molecule has 0 aliphatic carbocycles. The lowest BCUT2D eigenvalue weighted by Crippen LogP contribution is -2.51. The molecule has 3 heterocycles. The number of nitrogens with zero attached hydrogens (tertiary/aromatic N) is 2. The third-order valence-electron chi connectivity index (χ3n) is 6.04. The lowest BCUT2D eigenvalue weighted by atomic mass is 9.87. The highest BCUT2D eigenvalue weighted by Crippen LogP contribution is 2.36. The van der Waals surface area contributed by atoms with Crippen molar-refractivity contribution in [1.82, 2.24) is 4.90 Å². The van der Waals surface area contributed by atoms with Gasteiger partial charge in [-0.05, 0) is 48.1 Å². The molecule has 2 aliphatic heterocycles. The Hall–Kier alpha value is -3.16. The van der Waals surface area contributed by atoms with Crippen molar-refractivity contribution in [3.8, 4) is 0 Å². The van der Waals surface area contributed by atoms with Crippen molar-refractivity contribution >= 4 is 46.3 Å². The summed E-state index contributed by atoms with van der Waals surface area (Å²) in [7, 11) is 0. The fraction of sp³-hybridized carbons (Fsp3) is 0.240.